The van der Waals surface area contributed by atoms with Crippen molar-refractivity contribution in [2.45, 2.75) is 32.9 Å². The van der Waals surface area contributed by atoms with Crippen LogP contribution < -0.4 is 0 Å². The third-order valence-electron chi connectivity index (χ3n) is 4.48. The Hall–Kier alpha value is -1.75. The van der Waals surface area contributed by atoms with Crippen molar-refractivity contribution in [1.82, 2.24) is 4.90 Å². The average molecular weight is 440 g/mol. The largest absolute Gasteiger partial charge is 0.390 e. The highest BCUT2D eigenvalue weighted by Gasteiger charge is 2.28. The second-order valence-corrected chi connectivity index (χ2v) is 8.35. The minimum Gasteiger partial charge on any atom is -0.390 e. The molecule has 0 saturated carbocycles. The van der Waals surface area contributed by atoms with Crippen molar-refractivity contribution in [2.24, 2.45) is 11.1 Å². The van der Waals surface area contributed by atoms with Crippen molar-refractivity contribution in [3.8, 4) is 0 Å². The fraction of sp³-hybridized carbons (Fsp3) is 0.333. The van der Waals surface area contributed by atoms with Gasteiger partial charge in [-0.05, 0) is 29.8 Å². The summed E-state index contributed by atoms with van der Waals surface area (Å²) in [6, 6.07) is 12.9. The Morgan fingerprint density at radius 2 is 1.96 bits per heavy atom. The van der Waals surface area contributed by atoms with Gasteiger partial charge in [-0.3, -0.25) is 4.79 Å². The molecule has 3 rings (SSSR count). The van der Waals surface area contributed by atoms with E-state index in [0.29, 0.717) is 34.6 Å². The Morgan fingerprint density at radius 1 is 1.18 bits per heavy atom. The molecular formula is C21H21Cl3N2O2. The lowest BCUT2D eigenvalue weighted by molar-refractivity contribution is -0.136. The molecule has 1 unspecified atom stereocenters. The molecule has 1 amide bonds. The van der Waals surface area contributed by atoms with Gasteiger partial charge in [0, 0.05) is 29.5 Å². The van der Waals surface area contributed by atoms with Crippen LogP contribution in [0.15, 0.2) is 47.6 Å². The second kappa shape index (κ2) is 9.17. The van der Waals surface area contributed by atoms with Crippen molar-refractivity contribution in [1.29, 1.82) is 0 Å². The Bertz CT molecular complexity index is 899. The van der Waals surface area contributed by atoms with Gasteiger partial charge >= 0.3 is 0 Å². The normalized spacial score (nSPS) is 16.1. The van der Waals surface area contributed by atoms with E-state index in [2.05, 4.69) is 5.16 Å². The van der Waals surface area contributed by atoms with Gasteiger partial charge in [0.1, 0.15) is 0 Å². The zero-order valence-electron chi connectivity index (χ0n) is 15.7. The average Bonchev–Trinajstić information content (AvgIpc) is 3.11. The van der Waals surface area contributed by atoms with Gasteiger partial charge in [-0.15, -0.1) is 0 Å². The number of halogens is 3. The lowest BCUT2D eigenvalue weighted by atomic mass is 10.0. The van der Waals surface area contributed by atoms with Crippen LogP contribution in [-0.4, -0.2) is 29.2 Å². The summed E-state index contributed by atoms with van der Waals surface area (Å²) in [5.74, 6) is -0.0531. The van der Waals surface area contributed by atoms with Crippen LogP contribution in [0.4, 0.5) is 0 Å². The first-order chi connectivity index (χ1) is 13.3. The maximum Gasteiger partial charge on any atom is 0.225 e. The van der Waals surface area contributed by atoms with E-state index >= 15 is 0 Å². The molecule has 2 aromatic rings. The summed E-state index contributed by atoms with van der Waals surface area (Å²) >= 11 is 18.2. The van der Waals surface area contributed by atoms with Gasteiger partial charge < -0.3 is 9.74 Å². The number of hydrogen-bond acceptors (Lipinski definition) is 3. The van der Waals surface area contributed by atoms with Gasteiger partial charge in [0.15, 0.2) is 6.10 Å². The molecule has 1 aliphatic rings. The summed E-state index contributed by atoms with van der Waals surface area (Å²) in [7, 11) is 0. The Balaban J connectivity index is 1.69. The van der Waals surface area contributed by atoms with Crippen LogP contribution in [0.25, 0.3) is 0 Å². The van der Waals surface area contributed by atoms with Crippen molar-refractivity contribution in [3.05, 3.63) is 68.7 Å². The van der Waals surface area contributed by atoms with Crippen molar-refractivity contribution >= 4 is 46.4 Å². The number of hydrogen-bond donors (Lipinski definition) is 0. The maximum atomic E-state index is 12.7. The standard InChI is InChI=1S/C21H21Cl3N2O2/c1-13(2)21(27)26(11-14-4-3-5-16(22)8-14)12-17-10-20(25-28-17)15-6-7-18(23)19(24)9-15/h3-9,13,17H,10-12H2,1-2H3. The van der Waals surface area contributed by atoms with Crippen LogP contribution in [0.5, 0.6) is 0 Å². The molecule has 1 atom stereocenters. The molecule has 0 N–H and O–H groups in total. The first-order valence-electron chi connectivity index (χ1n) is 9.05. The first-order valence-corrected chi connectivity index (χ1v) is 10.2. The molecule has 0 bridgehead atoms. The fourth-order valence-corrected chi connectivity index (χ4v) is 3.58. The lowest BCUT2D eigenvalue weighted by Crippen LogP contribution is -2.39. The molecule has 0 radical (unpaired) electrons. The van der Waals surface area contributed by atoms with Gasteiger partial charge in [-0.25, -0.2) is 0 Å². The van der Waals surface area contributed by atoms with Crippen LogP contribution in [-0.2, 0) is 16.2 Å². The molecule has 28 heavy (non-hydrogen) atoms. The summed E-state index contributed by atoms with van der Waals surface area (Å²) in [5, 5.41) is 5.81. The summed E-state index contributed by atoms with van der Waals surface area (Å²) in [6.45, 7) is 4.69. The molecule has 0 aliphatic carbocycles. The topological polar surface area (TPSA) is 41.9 Å². The van der Waals surface area contributed by atoms with E-state index in [1.807, 2.05) is 44.2 Å². The summed E-state index contributed by atoms with van der Waals surface area (Å²) < 4.78 is 0. The number of oxime groups is 1. The van der Waals surface area contributed by atoms with E-state index in [4.69, 9.17) is 39.6 Å². The number of carbonyl (C=O) groups excluding carboxylic acids is 1. The fourth-order valence-electron chi connectivity index (χ4n) is 3.07. The second-order valence-electron chi connectivity index (χ2n) is 7.10. The number of amides is 1. The molecule has 0 spiro atoms. The minimum atomic E-state index is -0.216. The van der Waals surface area contributed by atoms with E-state index in [1.165, 1.54) is 0 Å². The van der Waals surface area contributed by atoms with Crippen molar-refractivity contribution in [2.75, 3.05) is 6.54 Å². The van der Waals surface area contributed by atoms with E-state index in [0.717, 1.165) is 16.8 Å². The zero-order chi connectivity index (χ0) is 20.3. The third kappa shape index (κ3) is 5.19. The van der Waals surface area contributed by atoms with Gasteiger partial charge in [0.2, 0.25) is 5.91 Å². The molecule has 0 fully saturated rings. The van der Waals surface area contributed by atoms with Crippen LogP contribution in [0.3, 0.4) is 0 Å². The van der Waals surface area contributed by atoms with Crippen LogP contribution in [0.1, 0.15) is 31.4 Å². The predicted molar refractivity (Wildman–Crippen MR) is 114 cm³/mol. The van der Waals surface area contributed by atoms with Gasteiger partial charge in [-0.1, -0.05) is 72.0 Å². The highest BCUT2D eigenvalue weighted by atomic mass is 35.5. The Morgan fingerprint density at radius 3 is 2.64 bits per heavy atom. The monoisotopic (exact) mass is 438 g/mol. The van der Waals surface area contributed by atoms with Crippen molar-refractivity contribution < 1.29 is 9.63 Å². The molecule has 0 saturated heterocycles. The van der Waals surface area contributed by atoms with E-state index in [1.54, 1.807) is 17.0 Å². The molecule has 4 nitrogen and oxygen atoms in total. The van der Waals surface area contributed by atoms with Gasteiger partial charge in [0.05, 0.1) is 22.3 Å². The number of nitrogens with zero attached hydrogens (tertiary/aromatic N) is 2. The summed E-state index contributed by atoms with van der Waals surface area (Å²) in [6.07, 6.45) is 0.376. The lowest BCUT2D eigenvalue weighted by Gasteiger charge is -2.26. The maximum absolute atomic E-state index is 12.7. The number of rotatable bonds is 6. The summed E-state index contributed by atoms with van der Waals surface area (Å²) in [5.41, 5.74) is 2.64. The van der Waals surface area contributed by atoms with E-state index in [9.17, 15) is 4.79 Å². The van der Waals surface area contributed by atoms with E-state index < -0.39 is 0 Å². The van der Waals surface area contributed by atoms with Crippen LogP contribution in [0.2, 0.25) is 15.1 Å². The first kappa shape index (κ1) is 21.0. The van der Waals surface area contributed by atoms with Gasteiger partial charge in [-0.2, -0.15) is 0 Å². The number of carbonyl (C=O) groups is 1. The molecule has 148 valence electrons. The molecular weight excluding hydrogens is 419 g/mol. The molecule has 2 aromatic carbocycles. The molecule has 1 heterocycles. The quantitative estimate of drug-likeness (QED) is 0.568. The Labute approximate surface area is 180 Å². The van der Waals surface area contributed by atoms with Crippen molar-refractivity contribution in [3.63, 3.8) is 0 Å². The van der Waals surface area contributed by atoms with Crippen LogP contribution in [0, 0.1) is 5.92 Å². The minimum absolute atomic E-state index is 0.0616. The zero-order valence-corrected chi connectivity index (χ0v) is 17.9. The molecule has 1 aliphatic heterocycles. The predicted octanol–water partition coefficient (Wildman–Crippen LogP) is 5.82. The summed E-state index contributed by atoms with van der Waals surface area (Å²) in [4.78, 5) is 20.1. The third-order valence-corrected chi connectivity index (χ3v) is 5.45. The van der Waals surface area contributed by atoms with Crippen LogP contribution >= 0.6 is 34.8 Å². The van der Waals surface area contributed by atoms with E-state index in [-0.39, 0.29) is 17.9 Å². The number of benzene rings is 2. The van der Waals surface area contributed by atoms with Gasteiger partial charge in [0.25, 0.3) is 0 Å². The highest BCUT2D eigenvalue weighted by molar-refractivity contribution is 6.42. The highest BCUT2D eigenvalue weighted by Crippen LogP contribution is 2.26. The molecule has 0 aromatic heterocycles. The SMILES string of the molecule is CC(C)C(=O)N(Cc1cccc(Cl)c1)CC1CC(c2ccc(Cl)c(Cl)c2)=NO1. The Kier molecular flexibility index (Phi) is 6.86. The molecule has 7 heteroatoms. The smallest absolute Gasteiger partial charge is 0.225 e.